The smallest absolute Gasteiger partial charge is 0.0726 e. The van der Waals surface area contributed by atoms with Gasteiger partial charge in [0.2, 0.25) is 0 Å². The van der Waals surface area contributed by atoms with Gasteiger partial charge >= 0.3 is 0 Å². The van der Waals surface area contributed by atoms with Crippen molar-refractivity contribution in [2.75, 3.05) is 0 Å². The molecule has 318 valence electrons. The molecule has 9 aliphatic carbocycles. The fraction of sp³-hybridized carbons (Fsp3) is 0.483. The molecule has 0 bridgehead atoms. The molecule has 1 aromatic carbocycles. The lowest BCUT2D eigenvalue weighted by molar-refractivity contribution is 0.107. The number of pyridine rings is 1. The maximum Gasteiger partial charge on any atom is 0.0726 e. The molecular formula is C60H68N2. The van der Waals surface area contributed by atoms with Gasteiger partial charge in [0.15, 0.2) is 0 Å². The molecular weight excluding hydrogens is 749 g/mol. The molecule has 3 saturated carbocycles. The van der Waals surface area contributed by atoms with Crippen molar-refractivity contribution < 1.29 is 0 Å². The number of rotatable bonds is 5. The molecule has 0 radical (unpaired) electrons. The molecule has 0 spiro atoms. The van der Waals surface area contributed by atoms with Crippen molar-refractivity contribution in [3.05, 3.63) is 148 Å². The fourth-order valence-corrected chi connectivity index (χ4v) is 15.4. The van der Waals surface area contributed by atoms with Gasteiger partial charge < -0.3 is 4.57 Å². The number of benzene rings is 1. The second-order valence-corrected chi connectivity index (χ2v) is 21.9. The van der Waals surface area contributed by atoms with E-state index in [-0.39, 0.29) is 5.41 Å². The molecule has 12 unspecified atom stereocenters. The van der Waals surface area contributed by atoms with E-state index in [1.54, 1.807) is 16.7 Å². The molecule has 12 rings (SSSR count). The largest absolute Gasteiger partial charge is 0.310 e. The monoisotopic (exact) mass is 817 g/mol. The minimum Gasteiger partial charge on any atom is -0.310 e. The van der Waals surface area contributed by atoms with Crippen LogP contribution in [0.1, 0.15) is 121 Å². The van der Waals surface area contributed by atoms with Gasteiger partial charge in [-0.15, -0.1) is 0 Å². The highest BCUT2D eigenvalue weighted by Crippen LogP contribution is 2.61. The van der Waals surface area contributed by atoms with Gasteiger partial charge in [-0.25, -0.2) is 0 Å². The zero-order valence-corrected chi connectivity index (χ0v) is 37.6. The standard InChI is InChI=1S/C60H68N2/c1-38-46-29-26-41(32-51(46)47-21-11-10-20-43(47)34-50(38)44-27-30-55-52(35-44)48-22-12-14-24-54(48)60(55,2)3)42-28-31-59-53(33-42)49-23-13-15-25-58(49)62(59)45-36-56(39-16-6-4-7-17-39)61-57(37-45)40-18-8-5-9-19-40/h4-8,12,14-17,22,24-27,29-31,33,36-38,40-43,46-48,50-52,54H,9-11,13,18-21,23,28,32,34-35H2,1-3H3. The van der Waals surface area contributed by atoms with E-state index in [0.29, 0.717) is 53.3 Å². The van der Waals surface area contributed by atoms with Crippen molar-refractivity contribution in [2.24, 2.45) is 70.5 Å². The Kier molecular flexibility index (Phi) is 9.91. The van der Waals surface area contributed by atoms with E-state index in [2.05, 4.69) is 153 Å². The van der Waals surface area contributed by atoms with Gasteiger partial charge in [0, 0.05) is 28.2 Å². The average molecular weight is 817 g/mol. The van der Waals surface area contributed by atoms with Crippen LogP contribution in [0, 0.1) is 70.5 Å². The van der Waals surface area contributed by atoms with Crippen molar-refractivity contribution >= 4 is 18.2 Å². The molecule has 2 aromatic heterocycles. The third-order valence-corrected chi connectivity index (χ3v) is 18.6. The normalized spacial score (nSPS) is 36.0. The molecule has 0 aliphatic heterocycles. The summed E-state index contributed by atoms with van der Waals surface area (Å²) in [6.07, 6.45) is 52.2. The molecule has 2 nitrogen and oxygen atoms in total. The predicted octanol–water partition coefficient (Wildman–Crippen LogP) is 13.4. The molecule has 0 N–H and O–H groups in total. The third-order valence-electron chi connectivity index (χ3n) is 18.6. The quantitative estimate of drug-likeness (QED) is 0.235. The van der Waals surface area contributed by atoms with Gasteiger partial charge in [0.25, 0.3) is 0 Å². The highest BCUT2D eigenvalue weighted by atomic mass is 15.0. The van der Waals surface area contributed by atoms with Gasteiger partial charge in [0.05, 0.1) is 11.4 Å². The van der Waals surface area contributed by atoms with E-state index in [4.69, 9.17) is 4.98 Å². The van der Waals surface area contributed by atoms with E-state index in [9.17, 15) is 0 Å². The Morgan fingerprint density at radius 3 is 2.55 bits per heavy atom. The van der Waals surface area contributed by atoms with Crippen molar-refractivity contribution in [2.45, 2.75) is 110 Å². The SMILES string of the molecule is CC1C(C2=CC=C3C(C2)C2C=CC=CC2C3(C)C)CC2CCCCC2C2CC(C3C=c4c5c(n(-c6cc(-c7ccccc7)nc(C7CC=CCC7)c6)c4=CC3)C=CCC5)C=CC12. The lowest BCUT2D eigenvalue weighted by atomic mass is 9.62. The fourth-order valence-electron chi connectivity index (χ4n) is 15.4. The summed E-state index contributed by atoms with van der Waals surface area (Å²) in [5.74, 6) is 8.30. The third kappa shape index (κ3) is 6.50. The second-order valence-electron chi connectivity index (χ2n) is 21.9. The summed E-state index contributed by atoms with van der Waals surface area (Å²) in [6.45, 7) is 7.72. The van der Waals surface area contributed by atoms with Gasteiger partial charge in [-0.2, -0.15) is 0 Å². The van der Waals surface area contributed by atoms with Crippen LogP contribution >= 0.6 is 0 Å². The van der Waals surface area contributed by atoms with Crippen LogP contribution < -0.4 is 10.6 Å². The topological polar surface area (TPSA) is 17.8 Å². The van der Waals surface area contributed by atoms with E-state index >= 15 is 0 Å². The average Bonchev–Trinajstić information content (AvgIpc) is 3.73. The Balaban J connectivity index is 0.878. The lowest BCUT2D eigenvalue weighted by Crippen LogP contribution is -2.38. The summed E-state index contributed by atoms with van der Waals surface area (Å²) in [6, 6.07) is 15.7. The molecule has 3 fully saturated rings. The number of allylic oxidation sites excluding steroid dienone is 13. The molecule has 62 heavy (non-hydrogen) atoms. The number of nitrogens with zero attached hydrogens (tertiary/aromatic N) is 2. The molecule has 0 amide bonds. The Morgan fingerprint density at radius 2 is 1.66 bits per heavy atom. The van der Waals surface area contributed by atoms with E-state index in [0.717, 1.165) is 55.6 Å². The van der Waals surface area contributed by atoms with Gasteiger partial charge in [-0.1, -0.05) is 160 Å². The van der Waals surface area contributed by atoms with E-state index in [1.165, 1.54) is 84.6 Å². The summed E-state index contributed by atoms with van der Waals surface area (Å²) in [7, 11) is 0. The first kappa shape index (κ1) is 39.2. The van der Waals surface area contributed by atoms with Gasteiger partial charge in [-0.3, -0.25) is 4.98 Å². The van der Waals surface area contributed by atoms with Crippen LogP contribution in [0.5, 0.6) is 0 Å². The first-order valence-corrected chi connectivity index (χ1v) is 25.2. The predicted molar refractivity (Wildman–Crippen MR) is 259 cm³/mol. The number of fused-ring (bicyclic) bond motifs is 9. The van der Waals surface area contributed by atoms with Crippen molar-refractivity contribution in [3.8, 4) is 16.9 Å². The zero-order valence-electron chi connectivity index (χ0n) is 37.6. The summed E-state index contributed by atoms with van der Waals surface area (Å²) in [4.78, 5) is 5.37. The zero-order chi connectivity index (χ0) is 41.5. The minimum absolute atomic E-state index is 0.252. The molecule has 2 heteroatoms. The van der Waals surface area contributed by atoms with Gasteiger partial charge in [0.1, 0.15) is 0 Å². The van der Waals surface area contributed by atoms with Crippen LogP contribution in [-0.4, -0.2) is 9.55 Å². The Hall–Kier alpha value is -4.43. The van der Waals surface area contributed by atoms with Crippen molar-refractivity contribution in [1.82, 2.24) is 9.55 Å². The van der Waals surface area contributed by atoms with Crippen LogP contribution in [0.3, 0.4) is 0 Å². The number of hydrogen-bond donors (Lipinski definition) is 0. The maximum absolute atomic E-state index is 5.37. The molecule has 3 aromatic rings. The summed E-state index contributed by atoms with van der Waals surface area (Å²) < 4.78 is 2.63. The molecule has 12 atom stereocenters. The first-order chi connectivity index (χ1) is 30.4. The Bertz CT molecular complexity index is 2580. The van der Waals surface area contributed by atoms with Crippen LogP contribution in [0.2, 0.25) is 0 Å². The van der Waals surface area contributed by atoms with E-state index < -0.39 is 0 Å². The number of hydrogen-bond acceptors (Lipinski definition) is 1. The second kappa shape index (κ2) is 15.7. The highest BCUT2D eigenvalue weighted by molar-refractivity contribution is 5.66. The lowest BCUT2D eigenvalue weighted by Gasteiger charge is -2.43. The van der Waals surface area contributed by atoms with Crippen LogP contribution in [0.25, 0.3) is 35.2 Å². The molecule has 2 heterocycles. The van der Waals surface area contributed by atoms with E-state index in [1.807, 2.05) is 0 Å². The van der Waals surface area contributed by atoms with Gasteiger partial charge in [-0.05, 0) is 164 Å². The number of aromatic nitrogens is 2. The van der Waals surface area contributed by atoms with Crippen LogP contribution in [0.15, 0.2) is 120 Å². The molecule has 0 saturated heterocycles. The summed E-state index contributed by atoms with van der Waals surface area (Å²) >= 11 is 0. The first-order valence-electron chi connectivity index (χ1n) is 25.2. The Labute approximate surface area is 371 Å². The van der Waals surface area contributed by atoms with Crippen LogP contribution in [0.4, 0.5) is 0 Å². The molecule has 9 aliphatic rings. The summed E-state index contributed by atoms with van der Waals surface area (Å²) in [5.41, 5.74) is 11.6. The Morgan fingerprint density at radius 1 is 0.774 bits per heavy atom. The van der Waals surface area contributed by atoms with Crippen molar-refractivity contribution in [1.29, 1.82) is 0 Å². The highest BCUT2D eigenvalue weighted by Gasteiger charge is 2.52. The summed E-state index contributed by atoms with van der Waals surface area (Å²) in [5, 5.41) is 2.95. The minimum atomic E-state index is 0.252. The van der Waals surface area contributed by atoms with Crippen LogP contribution in [-0.2, 0) is 6.42 Å². The maximum atomic E-state index is 5.37. The van der Waals surface area contributed by atoms with Crippen molar-refractivity contribution in [3.63, 3.8) is 0 Å².